The first-order valence-corrected chi connectivity index (χ1v) is 8.21. The van der Waals surface area contributed by atoms with Gasteiger partial charge in [0.25, 0.3) is 11.1 Å². The summed E-state index contributed by atoms with van der Waals surface area (Å²) in [5, 5.41) is 1.53. The molecule has 0 radical (unpaired) electrons. The number of hydrogen-bond acceptors (Lipinski definition) is 6. The maximum atomic E-state index is 12.6. The van der Waals surface area contributed by atoms with Gasteiger partial charge in [-0.1, -0.05) is 11.3 Å². The van der Waals surface area contributed by atoms with Crippen molar-refractivity contribution in [3.05, 3.63) is 26.1 Å². The van der Waals surface area contributed by atoms with Gasteiger partial charge in [-0.05, 0) is 27.7 Å². The second-order valence-corrected chi connectivity index (χ2v) is 7.23. The normalized spacial score (nSPS) is 12.3. The summed E-state index contributed by atoms with van der Waals surface area (Å²) >= 11 is 2.93. The molecule has 2 aromatic heterocycles. The van der Waals surface area contributed by atoms with Gasteiger partial charge in [0.2, 0.25) is 0 Å². The number of aromatic nitrogens is 2. The summed E-state index contributed by atoms with van der Waals surface area (Å²) in [6.07, 6.45) is 0. The van der Waals surface area contributed by atoms with Crippen LogP contribution in [-0.2, 0) is 0 Å². The van der Waals surface area contributed by atoms with Crippen LogP contribution >= 0.6 is 22.7 Å². The molecule has 0 spiro atoms. The van der Waals surface area contributed by atoms with Crippen molar-refractivity contribution in [1.82, 2.24) is 14.9 Å². The molecule has 2 heterocycles. The summed E-state index contributed by atoms with van der Waals surface area (Å²) in [5.74, 6) is -0.0501. The van der Waals surface area contributed by atoms with Crippen LogP contribution in [0.15, 0.2) is 0 Å². The van der Waals surface area contributed by atoms with Crippen LogP contribution < -0.4 is 4.74 Å². The maximum absolute atomic E-state index is 12.6. The summed E-state index contributed by atoms with van der Waals surface area (Å²) in [5.41, 5.74) is 1.66. The van der Waals surface area contributed by atoms with E-state index in [9.17, 15) is 4.79 Å². The Bertz CT molecular complexity index is 663. The van der Waals surface area contributed by atoms with Gasteiger partial charge in [0.15, 0.2) is 0 Å². The Kier molecular flexibility index (Phi) is 4.63. The van der Waals surface area contributed by atoms with E-state index >= 15 is 0 Å². The van der Waals surface area contributed by atoms with Gasteiger partial charge in [-0.25, -0.2) is 9.97 Å². The number of ether oxygens (including phenoxy) is 1. The van der Waals surface area contributed by atoms with E-state index in [-0.39, 0.29) is 11.9 Å². The molecule has 1 unspecified atom stereocenters. The molecule has 21 heavy (non-hydrogen) atoms. The van der Waals surface area contributed by atoms with Gasteiger partial charge in [-0.2, -0.15) is 0 Å². The van der Waals surface area contributed by atoms with E-state index < -0.39 is 0 Å². The van der Waals surface area contributed by atoms with Crippen LogP contribution in [0, 0.1) is 20.8 Å². The molecule has 0 saturated heterocycles. The molecule has 0 aliphatic rings. The third-order valence-corrected chi connectivity index (χ3v) is 5.39. The molecule has 0 saturated carbocycles. The Hall–Kier alpha value is -1.47. The van der Waals surface area contributed by atoms with Gasteiger partial charge in [-0.3, -0.25) is 4.79 Å². The zero-order valence-electron chi connectivity index (χ0n) is 13.1. The predicted octanol–water partition coefficient (Wildman–Crippen LogP) is 3.37. The first-order chi connectivity index (χ1) is 9.85. The lowest BCUT2D eigenvalue weighted by Gasteiger charge is -2.23. The van der Waals surface area contributed by atoms with Gasteiger partial charge in [-0.15, -0.1) is 11.3 Å². The van der Waals surface area contributed by atoms with Gasteiger partial charge in [0.1, 0.15) is 4.88 Å². The van der Waals surface area contributed by atoms with E-state index in [0.717, 1.165) is 15.6 Å². The van der Waals surface area contributed by atoms with E-state index in [2.05, 4.69) is 9.97 Å². The molecule has 0 aliphatic carbocycles. The third kappa shape index (κ3) is 3.08. The molecule has 0 bridgehead atoms. The van der Waals surface area contributed by atoms with Crippen LogP contribution in [0.1, 0.15) is 43.9 Å². The molecule has 1 amide bonds. The predicted molar refractivity (Wildman–Crippen MR) is 85.5 cm³/mol. The highest BCUT2D eigenvalue weighted by Gasteiger charge is 2.25. The quantitative estimate of drug-likeness (QED) is 0.865. The molecule has 114 valence electrons. The number of nitrogens with zero attached hydrogens (tertiary/aromatic N) is 3. The fourth-order valence-electron chi connectivity index (χ4n) is 2.11. The van der Waals surface area contributed by atoms with E-state index in [1.807, 2.05) is 27.7 Å². The summed E-state index contributed by atoms with van der Waals surface area (Å²) < 4.78 is 5.10. The minimum absolute atomic E-state index is 0.0501. The van der Waals surface area contributed by atoms with Crippen molar-refractivity contribution in [3.63, 3.8) is 0 Å². The van der Waals surface area contributed by atoms with E-state index in [1.165, 1.54) is 11.3 Å². The monoisotopic (exact) mass is 325 g/mol. The Morgan fingerprint density at radius 1 is 1.24 bits per heavy atom. The number of aryl methyl sites for hydroxylation is 3. The standard InChI is InChI=1S/C14H19N3O2S2/c1-7-12(21-14(15-7)19-6)13(18)17(5)8(2)11-9(3)20-10(4)16-11/h8H,1-6H3. The third-order valence-electron chi connectivity index (χ3n) is 3.38. The SMILES string of the molecule is COc1nc(C)c(C(=O)N(C)C(C)c2nc(C)sc2C)s1. The molecular formula is C14H19N3O2S2. The van der Waals surface area contributed by atoms with Gasteiger partial charge < -0.3 is 9.64 Å². The molecule has 0 fully saturated rings. The molecule has 5 nitrogen and oxygen atoms in total. The lowest BCUT2D eigenvalue weighted by molar-refractivity contribution is 0.0743. The number of carbonyl (C=O) groups excluding carboxylic acids is 1. The zero-order chi connectivity index (χ0) is 15.7. The molecule has 0 N–H and O–H groups in total. The number of methoxy groups -OCH3 is 1. The van der Waals surface area contributed by atoms with Crippen LogP contribution in [0.25, 0.3) is 0 Å². The highest BCUT2D eigenvalue weighted by Crippen LogP contribution is 2.30. The van der Waals surface area contributed by atoms with Gasteiger partial charge in [0, 0.05) is 11.9 Å². The fourth-order valence-corrected chi connectivity index (χ4v) is 3.88. The lowest BCUT2D eigenvalue weighted by atomic mass is 10.2. The minimum atomic E-state index is -0.0741. The van der Waals surface area contributed by atoms with Crippen LogP contribution in [0.2, 0.25) is 0 Å². The molecule has 0 aliphatic heterocycles. The van der Waals surface area contributed by atoms with Gasteiger partial charge >= 0.3 is 0 Å². The van der Waals surface area contributed by atoms with Crippen LogP contribution in [0.4, 0.5) is 0 Å². The average molecular weight is 325 g/mol. The van der Waals surface area contributed by atoms with Crippen molar-refractivity contribution in [2.24, 2.45) is 0 Å². The lowest BCUT2D eigenvalue weighted by Crippen LogP contribution is -2.30. The van der Waals surface area contributed by atoms with Crippen molar-refractivity contribution >= 4 is 28.6 Å². The first kappa shape index (κ1) is 15.9. The van der Waals surface area contributed by atoms with E-state index in [4.69, 9.17) is 4.74 Å². The van der Waals surface area contributed by atoms with Crippen molar-refractivity contribution in [1.29, 1.82) is 0 Å². The maximum Gasteiger partial charge on any atom is 0.273 e. The zero-order valence-corrected chi connectivity index (χ0v) is 14.7. The molecule has 2 aromatic rings. The summed E-state index contributed by atoms with van der Waals surface area (Å²) in [4.78, 5) is 24.9. The second kappa shape index (κ2) is 6.11. The number of amides is 1. The topological polar surface area (TPSA) is 55.3 Å². The summed E-state index contributed by atoms with van der Waals surface area (Å²) in [7, 11) is 3.35. The number of rotatable bonds is 4. The van der Waals surface area contributed by atoms with Crippen molar-refractivity contribution in [2.75, 3.05) is 14.2 Å². The average Bonchev–Trinajstić information content (AvgIpc) is 2.98. The molecular weight excluding hydrogens is 306 g/mol. The summed E-state index contributed by atoms with van der Waals surface area (Å²) in [6, 6.07) is -0.0741. The van der Waals surface area contributed by atoms with Gasteiger partial charge in [0.05, 0.1) is 29.5 Å². The van der Waals surface area contributed by atoms with Crippen molar-refractivity contribution in [3.8, 4) is 5.19 Å². The van der Waals surface area contributed by atoms with E-state index in [0.29, 0.717) is 15.8 Å². The fraction of sp³-hybridized carbons (Fsp3) is 0.500. The number of hydrogen-bond donors (Lipinski definition) is 0. The van der Waals surface area contributed by atoms with Crippen molar-refractivity contribution in [2.45, 2.75) is 33.7 Å². The van der Waals surface area contributed by atoms with Crippen molar-refractivity contribution < 1.29 is 9.53 Å². The minimum Gasteiger partial charge on any atom is -0.473 e. The summed E-state index contributed by atoms with van der Waals surface area (Å²) in [6.45, 7) is 7.83. The Morgan fingerprint density at radius 3 is 2.38 bits per heavy atom. The number of carbonyl (C=O) groups is 1. The Morgan fingerprint density at radius 2 is 1.90 bits per heavy atom. The molecule has 2 rings (SSSR count). The Balaban J connectivity index is 2.26. The Labute approximate surface area is 132 Å². The number of thiazole rings is 2. The highest BCUT2D eigenvalue weighted by atomic mass is 32.1. The van der Waals surface area contributed by atoms with Crippen LogP contribution in [-0.4, -0.2) is 34.9 Å². The molecule has 0 aromatic carbocycles. The largest absolute Gasteiger partial charge is 0.473 e. The van der Waals surface area contributed by atoms with E-state index in [1.54, 1.807) is 30.4 Å². The second-order valence-electron chi connectivity index (χ2n) is 4.86. The van der Waals surface area contributed by atoms with Crippen LogP contribution in [0.5, 0.6) is 5.19 Å². The molecule has 1 atom stereocenters. The molecule has 7 heteroatoms. The highest BCUT2D eigenvalue weighted by molar-refractivity contribution is 7.15. The smallest absolute Gasteiger partial charge is 0.273 e. The van der Waals surface area contributed by atoms with Crippen LogP contribution in [0.3, 0.4) is 0 Å². The first-order valence-electron chi connectivity index (χ1n) is 6.57.